The average Bonchev–Trinajstić information content (AvgIpc) is 2.89. The van der Waals surface area contributed by atoms with Gasteiger partial charge < -0.3 is 10.1 Å². The first-order chi connectivity index (χ1) is 10.7. The number of ether oxygens (including phenoxy) is 1. The number of likely N-dealkylation sites (tertiary alicyclic amines) is 1. The van der Waals surface area contributed by atoms with Gasteiger partial charge in [-0.05, 0) is 30.2 Å². The zero-order chi connectivity index (χ0) is 15.0. The van der Waals surface area contributed by atoms with Crippen molar-refractivity contribution in [3.05, 3.63) is 22.4 Å². The second kappa shape index (κ2) is 5.95. The quantitative estimate of drug-likeness (QED) is 0.873. The number of hydrogen-bond donors (Lipinski definition) is 1. The van der Waals surface area contributed by atoms with Crippen LogP contribution in [0.25, 0.3) is 0 Å². The van der Waals surface area contributed by atoms with E-state index in [0.717, 1.165) is 45.8 Å². The SMILES string of the molecule is O=C(CC1CC1)NC[C@]12COC[C@H]1CN(Cc1cccs1)C2. The number of nitrogens with zero attached hydrogens (tertiary/aromatic N) is 1. The van der Waals surface area contributed by atoms with E-state index < -0.39 is 0 Å². The predicted molar refractivity (Wildman–Crippen MR) is 86.7 cm³/mol. The smallest absolute Gasteiger partial charge is 0.220 e. The van der Waals surface area contributed by atoms with Crippen molar-refractivity contribution in [2.24, 2.45) is 17.3 Å². The number of thiophene rings is 1. The van der Waals surface area contributed by atoms with E-state index in [0.29, 0.717) is 11.8 Å². The van der Waals surface area contributed by atoms with Gasteiger partial charge in [-0.25, -0.2) is 0 Å². The molecule has 3 fully saturated rings. The molecule has 0 radical (unpaired) electrons. The molecular weight excluding hydrogens is 296 g/mol. The second-order valence-electron chi connectivity index (χ2n) is 7.25. The summed E-state index contributed by atoms with van der Waals surface area (Å²) in [4.78, 5) is 16.0. The van der Waals surface area contributed by atoms with E-state index in [1.165, 1.54) is 17.7 Å². The summed E-state index contributed by atoms with van der Waals surface area (Å²) in [6, 6.07) is 4.33. The van der Waals surface area contributed by atoms with Crippen LogP contribution >= 0.6 is 11.3 Å². The Labute approximate surface area is 135 Å². The van der Waals surface area contributed by atoms with Gasteiger partial charge in [0.25, 0.3) is 0 Å². The van der Waals surface area contributed by atoms with E-state index in [2.05, 4.69) is 27.7 Å². The van der Waals surface area contributed by atoms with Crippen molar-refractivity contribution in [3.63, 3.8) is 0 Å². The van der Waals surface area contributed by atoms with Crippen molar-refractivity contribution >= 4 is 17.2 Å². The van der Waals surface area contributed by atoms with Crippen molar-refractivity contribution < 1.29 is 9.53 Å². The van der Waals surface area contributed by atoms with E-state index in [-0.39, 0.29) is 11.3 Å². The van der Waals surface area contributed by atoms with Crippen LogP contribution in [-0.4, -0.2) is 43.7 Å². The lowest BCUT2D eigenvalue weighted by molar-refractivity contribution is -0.122. The summed E-state index contributed by atoms with van der Waals surface area (Å²) in [7, 11) is 0. The number of fused-ring (bicyclic) bond motifs is 1. The highest BCUT2D eigenvalue weighted by molar-refractivity contribution is 7.09. The van der Waals surface area contributed by atoms with Crippen LogP contribution in [0.5, 0.6) is 0 Å². The van der Waals surface area contributed by atoms with Crippen LogP contribution in [0.4, 0.5) is 0 Å². The molecule has 1 saturated carbocycles. The fourth-order valence-corrected chi connectivity index (χ4v) is 4.61. The van der Waals surface area contributed by atoms with Gasteiger partial charge in [0.05, 0.1) is 13.2 Å². The molecule has 3 heterocycles. The van der Waals surface area contributed by atoms with Crippen molar-refractivity contribution in [2.75, 3.05) is 32.8 Å². The van der Waals surface area contributed by atoms with Gasteiger partial charge in [0.2, 0.25) is 5.91 Å². The van der Waals surface area contributed by atoms with Crippen molar-refractivity contribution in [1.29, 1.82) is 0 Å². The third-order valence-electron chi connectivity index (χ3n) is 5.36. The highest BCUT2D eigenvalue weighted by Gasteiger charge is 2.50. The van der Waals surface area contributed by atoms with Gasteiger partial charge in [-0.1, -0.05) is 6.07 Å². The topological polar surface area (TPSA) is 41.6 Å². The Morgan fingerprint density at radius 3 is 3.18 bits per heavy atom. The zero-order valence-corrected chi connectivity index (χ0v) is 13.7. The fraction of sp³-hybridized carbons (Fsp3) is 0.706. The van der Waals surface area contributed by atoms with E-state index >= 15 is 0 Å². The highest BCUT2D eigenvalue weighted by Crippen LogP contribution is 2.41. The molecule has 5 heteroatoms. The Balaban J connectivity index is 1.35. The molecule has 1 aromatic rings. The number of nitrogens with one attached hydrogen (secondary N) is 1. The third kappa shape index (κ3) is 3.07. The summed E-state index contributed by atoms with van der Waals surface area (Å²) in [5, 5.41) is 5.34. The Morgan fingerprint density at radius 2 is 2.41 bits per heavy atom. The summed E-state index contributed by atoms with van der Waals surface area (Å²) in [5.74, 6) is 1.46. The fourth-order valence-electron chi connectivity index (χ4n) is 3.87. The molecule has 0 spiro atoms. The van der Waals surface area contributed by atoms with Crippen LogP contribution in [0.15, 0.2) is 17.5 Å². The summed E-state index contributed by atoms with van der Waals surface area (Å²) in [6.45, 7) is 5.59. The van der Waals surface area contributed by atoms with Crippen molar-refractivity contribution in [2.45, 2.75) is 25.8 Å². The number of amides is 1. The van der Waals surface area contributed by atoms with Gasteiger partial charge in [-0.15, -0.1) is 11.3 Å². The molecular formula is C17H24N2O2S. The minimum atomic E-state index is 0.135. The Bertz CT molecular complexity index is 529. The normalized spacial score (nSPS) is 31.4. The Kier molecular flexibility index (Phi) is 3.96. The van der Waals surface area contributed by atoms with Crippen LogP contribution in [0.2, 0.25) is 0 Å². The van der Waals surface area contributed by atoms with Crippen LogP contribution in [0.3, 0.4) is 0 Å². The largest absolute Gasteiger partial charge is 0.380 e. The molecule has 2 atom stereocenters. The lowest BCUT2D eigenvalue weighted by atomic mass is 9.81. The molecule has 3 aliphatic rings. The van der Waals surface area contributed by atoms with Gasteiger partial charge in [-0.2, -0.15) is 0 Å². The molecule has 4 nitrogen and oxygen atoms in total. The maximum absolute atomic E-state index is 12.0. The van der Waals surface area contributed by atoms with E-state index in [9.17, 15) is 4.79 Å². The Hall–Kier alpha value is -0.910. The van der Waals surface area contributed by atoms with Crippen molar-refractivity contribution in [3.8, 4) is 0 Å². The molecule has 4 rings (SSSR count). The molecule has 0 aromatic carbocycles. The van der Waals surface area contributed by atoms with Crippen LogP contribution < -0.4 is 5.32 Å². The van der Waals surface area contributed by atoms with Crippen LogP contribution in [-0.2, 0) is 16.1 Å². The Morgan fingerprint density at radius 1 is 1.50 bits per heavy atom. The summed E-state index contributed by atoms with van der Waals surface area (Å²) >= 11 is 1.83. The number of carbonyl (C=O) groups is 1. The third-order valence-corrected chi connectivity index (χ3v) is 6.22. The van der Waals surface area contributed by atoms with E-state index in [4.69, 9.17) is 4.74 Å². The monoisotopic (exact) mass is 320 g/mol. The minimum Gasteiger partial charge on any atom is -0.380 e. The molecule has 0 unspecified atom stereocenters. The minimum absolute atomic E-state index is 0.135. The number of rotatable bonds is 6. The molecule has 0 bridgehead atoms. The number of carbonyl (C=O) groups excluding carboxylic acids is 1. The van der Waals surface area contributed by atoms with Crippen LogP contribution in [0.1, 0.15) is 24.1 Å². The van der Waals surface area contributed by atoms with E-state index in [1.807, 2.05) is 11.3 Å². The second-order valence-corrected chi connectivity index (χ2v) is 8.28. The molecule has 2 saturated heterocycles. The summed E-state index contributed by atoms with van der Waals surface area (Å²) in [6.07, 6.45) is 3.19. The predicted octanol–water partition coefficient (Wildman–Crippen LogP) is 2.11. The van der Waals surface area contributed by atoms with Gasteiger partial charge in [-0.3, -0.25) is 9.69 Å². The van der Waals surface area contributed by atoms with Gasteiger partial charge >= 0.3 is 0 Å². The maximum Gasteiger partial charge on any atom is 0.220 e. The average molecular weight is 320 g/mol. The van der Waals surface area contributed by atoms with Crippen LogP contribution in [0, 0.1) is 17.3 Å². The maximum atomic E-state index is 12.0. The van der Waals surface area contributed by atoms with Gasteiger partial charge in [0.1, 0.15) is 0 Å². The molecule has 1 amide bonds. The standard InChI is InChI=1S/C17H24N2O2S/c20-16(6-13-3-4-13)18-10-17-11-19(7-14(17)9-21-12-17)8-15-2-1-5-22-15/h1-2,5,13-14H,3-4,6-12H2,(H,18,20)/t14-,17+/m1/s1. The van der Waals surface area contributed by atoms with Gasteiger partial charge in [0.15, 0.2) is 0 Å². The van der Waals surface area contributed by atoms with Gasteiger partial charge in [0, 0.05) is 48.8 Å². The lowest BCUT2D eigenvalue weighted by Gasteiger charge is -2.27. The first kappa shape index (κ1) is 14.7. The zero-order valence-electron chi connectivity index (χ0n) is 12.9. The molecule has 22 heavy (non-hydrogen) atoms. The first-order valence-corrected chi connectivity index (χ1v) is 9.21. The molecule has 1 N–H and O–H groups in total. The molecule has 2 aliphatic heterocycles. The molecule has 120 valence electrons. The molecule has 1 aromatic heterocycles. The lowest BCUT2D eigenvalue weighted by Crippen LogP contribution is -2.43. The highest BCUT2D eigenvalue weighted by atomic mass is 32.1. The van der Waals surface area contributed by atoms with Crippen molar-refractivity contribution in [1.82, 2.24) is 10.2 Å². The summed E-state index contributed by atoms with van der Waals surface area (Å²) in [5.41, 5.74) is 0.135. The summed E-state index contributed by atoms with van der Waals surface area (Å²) < 4.78 is 5.75. The van der Waals surface area contributed by atoms with E-state index in [1.54, 1.807) is 0 Å². The molecule has 1 aliphatic carbocycles. The first-order valence-electron chi connectivity index (χ1n) is 8.33. The number of hydrogen-bond acceptors (Lipinski definition) is 4.